The van der Waals surface area contributed by atoms with Crippen LogP contribution in [0.4, 0.5) is 0 Å². The molecule has 1 amide bonds. The molecule has 32 heavy (non-hydrogen) atoms. The molecule has 1 aromatic heterocycles. The number of rotatable bonds is 3. The highest BCUT2D eigenvalue weighted by Gasteiger charge is 2.42. The van der Waals surface area contributed by atoms with Gasteiger partial charge in [-0.05, 0) is 64.2 Å². The summed E-state index contributed by atoms with van der Waals surface area (Å²) in [6, 6.07) is -0.671. The van der Waals surface area contributed by atoms with Crippen molar-refractivity contribution in [2.45, 2.75) is 87.6 Å². The minimum atomic E-state index is -3.36. The van der Waals surface area contributed by atoms with E-state index in [0.29, 0.717) is 44.2 Å². The van der Waals surface area contributed by atoms with Gasteiger partial charge in [0.05, 0.1) is 24.0 Å². The largest absolute Gasteiger partial charge is 0.467 e. The van der Waals surface area contributed by atoms with Gasteiger partial charge in [0, 0.05) is 23.8 Å². The van der Waals surface area contributed by atoms with E-state index in [4.69, 9.17) is 9.47 Å². The van der Waals surface area contributed by atoms with Crippen LogP contribution in [0.5, 0.6) is 5.88 Å². The number of aryl methyl sites for hydroxylation is 1. The lowest BCUT2D eigenvalue weighted by Gasteiger charge is -2.42. The monoisotopic (exact) mass is 464 g/mol. The molecule has 1 N–H and O–H groups in total. The first-order valence-corrected chi connectivity index (χ1v) is 13.3. The van der Waals surface area contributed by atoms with Gasteiger partial charge in [-0.3, -0.25) is 4.79 Å². The Morgan fingerprint density at radius 3 is 2.62 bits per heavy atom. The van der Waals surface area contributed by atoms with Crippen LogP contribution >= 0.6 is 0 Å². The van der Waals surface area contributed by atoms with Gasteiger partial charge in [-0.2, -0.15) is 0 Å². The lowest BCUT2D eigenvalue weighted by molar-refractivity contribution is -0.140. The highest BCUT2D eigenvalue weighted by atomic mass is 32.2. The molecule has 1 saturated heterocycles. The van der Waals surface area contributed by atoms with Gasteiger partial charge in [-0.15, -0.1) is 0 Å². The van der Waals surface area contributed by atoms with Gasteiger partial charge < -0.3 is 14.4 Å². The number of aromatic nitrogens is 2. The Labute approximate surface area is 189 Å². The van der Waals surface area contributed by atoms with Crippen molar-refractivity contribution >= 4 is 15.9 Å². The highest BCUT2D eigenvalue weighted by molar-refractivity contribution is 7.90. The molecule has 6 rings (SSSR count). The zero-order valence-electron chi connectivity index (χ0n) is 18.5. The van der Waals surface area contributed by atoms with E-state index in [1.165, 1.54) is 6.33 Å². The van der Waals surface area contributed by atoms with Crippen molar-refractivity contribution in [3.63, 3.8) is 0 Å². The van der Waals surface area contributed by atoms with Crippen molar-refractivity contribution in [3.8, 4) is 5.88 Å². The lowest BCUT2D eigenvalue weighted by Crippen LogP contribution is -2.60. The van der Waals surface area contributed by atoms with Crippen LogP contribution in [-0.4, -0.2) is 72.4 Å². The summed E-state index contributed by atoms with van der Waals surface area (Å²) in [5.74, 6) is 0.624. The Bertz CT molecular complexity index is 959. The quantitative estimate of drug-likeness (QED) is 0.724. The molecule has 0 aromatic carbocycles. The Kier molecular flexibility index (Phi) is 6.11. The average Bonchev–Trinajstić information content (AvgIpc) is 3.62. The summed E-state index contributed by atoms with van der Waals surface area (Å²) < 4.78 is 40.4. The molecule has 3 fully saturated rings. The van der Waals surface area contributed by atoms with Gasteiger partial charge in [-0.25, -0.2) is 23.1 Å². The van der Waals surface area contributed by atoms with Gasteiger partial charge in [-0.1, -0.05) is 0 Å². The van der Waals surface area contributed by atoms with Crippen LogP contribution < -0.4 is 9.46 Å². The highest BCUT2D eigenvalue weighted by Crippen LogP contribution is 2.39. The van der Waals surface area contributed by atoms with Crippen molar-refractivity contribution < 1.29 is 22.7 Å². The van der Waals surface area contributed by atoms with E-state index in [1.807, 2.05) is 6.92 Å². The Morgan fingerprint density at radius 1 is 1.09 bits per heavy atom. The number of hydrogen-bond donors (Lipinski definition) is 1. The molecule has 10 heteroatoms. The summed E-state index contributed by atoms with van der Waals surface area (Å²) >= 11 is 0. The minimum Gasteiger partial charge on any atom is -0.467 e. The zero-order chi connectivity index (χ0) is 22.3. The third kappa shape index (κ3) is 4.49. The van der Waals surface area contributed by atoms with E-state index in [2.05, 4.69) is 14.7 Å². The molecular weight excluding hydrogens is 432 g/mol. The lowest BCUT2D eigenvalue weighted by atomic mass is 9.82. The molecule has 3 aliphatic heterocycles. The Hall–Kier alpha value is -1.78. The van der Waals surface area contributed by atoms with E-state index in [0.717, 1.165) is 43.4 Å². The second-order valence-electron chi connectivity index (χ2n) is 9.54. The minimum absolute atomic E-state index is 0.112. The van der Waals surface area contributed by atoms with Crippen molar-refractivity contribution in [1.82, 2.24) is 19.6 Å². The number of carbonyl (C=O) groups excluding carboxylic acids is 1. The molecule has 9 nitrogen and oxygen atoms in total. The summed E-state index contributed by atoms with van der Waals surface area (Å²) in [6.45, 7) is 2.74. The average molecular weight is 465 g/mol. The standard InChI is InChI=1S/C22H32N4O5S/c1-14-21-15-4-6-16(7-5-15)30-11-19-18(25-32(28,29)17-8-9-17)3-2-10-26(19)20(27)12-31-22(21)24-13-23-14/h13,15-19,25H,2-12H2,1H3/t15?,16?,18-,19?/m0/s1. The van der Waals surface area contributed by atoms with Crippen molar-refractivity contribution in [3.05, 3.63) is 17.6 Å². The first-order chi connectivity index (χ1) is 15.4. The number of carbonyl (C=O) groups is 1. The first-order valence-electron chi connectivity index (χ1n) is 11.8. The second-order valence-corrected chi connectivity index (χ2v) is 11.5. The number of nitrogens with zero attached hydrogens (tertiary/aromatic N) is 3. The number of piperidine rings is 1. The van der Waals surface area contributed by atoms with E-state index in [9.17, 15) is 13.2 Å². The molecule has 2 saturated carbocycles. The molecule has 176 valence electrons. The molecule has 5 aliphatic rings. The van der Waals surface area contributed by atoms with Gasteiger partial charge in [0.25, 0.3) is 5.91 Å². The maximum absolute atomic E-state index is 13.2. The summed E-state index contributed by atoms with van der Waals surface area (Å²) in [5.41, 5.74) is 1.90. The SMILES string of the molecule is Cc1ncnc2c1C1CCC(CC1)OCC1[C@@H](NS(=O)(=O)C3CC3)CCCN1C(=O)CO2. The predicted molar refractivity (Wildman–Crippen MR) is 117 cm³/mol. The van der Waals surface area contributed by atoms with Gasteiger partial charge in [0.1, 0.15) is 6.33 Å². The van der Waals surface area contributed by atoms with Crippen molar-refractivity contribution in [2.75, 3.05) is 19.8 Å². The number of nitrogens with one attached hydrogen (secondary N) is 1. The fraction of sp³-hybridized carbons (Fsp3) is 0.773. The van der Waals surface area contributed by atoms with Crippen LogP contribution in [0.25, 0.3) is 0 Å². The van der Waals surface area contributed by atoms with Crippen LogP contribution in [0.3, 0.4) is 0 Å². The molecular formula is C22H32N4O5S. The molecule has 0 radical (unpaired) electrons. The molecule has 1 unspecified atom stereocenters. The number of ether oxygens (including phenoxy) is 2. The summed E-state index contributed by atoms with van der Waals surface area (Å²) in [5, 5.41) is -0.290. The van der Waals surface area contributed by atoms with E-state index in [-0.39, 0.29) is 36.0 Å². The Balaban J connectivity index is 1.41. The normalized spacial score (nSPS) is 31.5. The number of amides is 1. The van der Waals surface area contributed by atoms with Crippen LogP contribution in [0.2, 0.25) is 0 Å². The molecule has 0 spiro atoms. The predicted octanol–water partition coefficient (Wildman–Crippen LogP) is 1.66. The molecule has 1 aromatic rings. The fourth-order valence-electron chi connectivity index (χ4n) is 5.41. The second kappa shape index (κ2) is 8.87. The van der Waals surface area contributed by atoms with Crippen LogP contribution in [0.15, 0.2) is 6.33 Å². The molecule has 2 bridgehead atoms. The fourth-order valence-corrected chi connectivity index (χ4v) is 7.05. The van der Waals surface area contributed by atoms with Gasteiger partial charge >= 0.3 is 0 Å². The summed E-state index contributed by atoms with van der Waals surface area (Å²) in [6.07, 6.45) is 8.20. The van der Waals surface area contributed by atoms with Crippen molar-refractivity contribution in [2.24, 2.45) is 0 Å². The first kappa shape index (κ1) is 22.0. The summed E-state index contributed by atoms with van der Waals surface area (Å²) in [4.78, 5) is 23.7. The van der Waals surface area contributed by atoms with Crippen molar-refractivity contribution in [1.29, 1.82) is 0 Å². The summed E-state index contributed by atoms with van der Waals surface area (Å²) in [7, 11) is -3.36. The Morgan fingerprint density at radius 2 is 1.88 bits per heavy atom. The smallest absolute Gasteiger partial charge is 0.260 e. The van der Waals surface area contributed by atoms with Crippen LogP contribution in [-0.2, 0) is 19.6 Å². The number of sulfonamides is 1. The zero-order valence-corrected chi connectivity index (χ0v) is 19.3. The topological polar surface area (TPSA) is 111 Å². The molecule has 4 heterocycles. The maximum Gasteiger partial charge on any atom is 0.260 e. The van der Waals surface area contributed by atoms with Crippen LogP contribution in [0.1, 0.15) is 68.5 Å². The number of fused-ring (bicyclic) bond motifs is 5. The van der Waals surface area contributed by atoms with Gasteiger partial charge in [0.2, 0.25) is 15.9 Å². The maximum atomic E-state index is 13.2. The van der Waals surface area contributed by atoms with Gasteiger partial charge in [0.15, 0.2) is 6.61 Å². The van der Waals surface area contributed by atoms with Crippen LogP contribution in [0, 0.1) is 6.92 Å². The molecule has 2 atom stereocenters. The van der Waals surface area contributed by atoms with E-state index < -0.39 is 10.0 Å². The third-order valence-corrected chi connectivity index (χ3v) is 9.32. The van der Waals surface area contributed by atoms with E-state index in [1.54, 1.807) is 4.90 Å². The number of hydrogen-bond acceptors (Lipinski definition) is 7. The molecule has 2 aliphatic carbocycles. The van der Waals surface area contributed by atoms with E-state index >= 15 is 0 Å². The third-order valence-electron chi connectivity index (χ3n) is 7.34.